The Morgan fingerprint density at radius 3 is 2.65 bits per heavy atom. The molecule has 0 fully saturated rings. The quantitative estimate of drug-likeness (QED) is 0.798. The van der Waals surface area contributed by atoms with E-state index < -0.39 is 11.4 Å². The van der Waals surface area contributed by atoms with Gasteiger partial charge < -0.3 is 5.11 Å². The first-order valence-corrected chi connectivity index (χ1v) is 8.03. The average molecular weight is 328 g/mol. The summed E-state index contributed by atoms with van der Waals surface area (Å²) >= 11 is 1.42. The van der Waals surface area contributed by atoms with E-state index in [1.54, 1.807) is 13.8 Å². The lowest BCUT2D eigenvalue weighted by molar-refractivity contribution is -0.147. The van der Waals surface area contributed by atoms with Gasteiger partial charge in [0.25, 0.3) is 5.56 Å². The van der Waals surface area contributed by atoms with Gasteiger partial charge >= 0.3 is 5.97 Å². The highest BCUT2D eigenvalue weighted by atomic mass is 32.1. The van der Waals surface area contributed by atoms with Crippen LogP contribution in [0, 0.1) is 5.41 Å². The second-order valence-corrected chi connectivity index (χ2v) is 6.92. The molecule has 3 rings (SSSR count). The van der Waals surface area contributed by atoms with Crippen molar-refractivity contribution < 1.29 is 9.90 Å². The summed E-state index contributed by atoms with van der Waals surface area (Å²) in [4.78, 5) is 29.1. The summed E-state index contributed by atoms with van der Waals surface area (Å²) in [5.41, 5.74) is 0.546. The van der Waals surface area contributed by atoms with E-state index in [2.05, 4.69) is 4.98 Å². The molecule has 0 amide bonds. The Balaban J connectivity index is 2.16. The maximum Gasteiger partial charge on any atom is 0.310 e. The van der Waals surface area contributed by atoms with E-state index in [0.29, 0.717) is 10.2 Å². The SMILES string of the molecule is CC(C)(Cn1cnc2scc(-c3ccccc3)c2c1=O)C(=O)O. The van der Waals surface area contributed by atoms with Crippen molar-refractivity contribution in [1.29, 1.82) is 0 Å². The lowest BCUT2D eigenvalue weighted by atomic mass is 9.94. The lowest BCUT2D eigenvalue weighted by Gasteiger charge is -2.20. The van der Waals surface area contributed by atoms with Crippen molar-refractivity contribution in [3.63, 3.8) is 0 Å². The van der Waals surface area contributed by atoms with Gasteiger partial charge in [-0.15, -0.1) is 11.3 Å². The monoisotopic (exact) mass is 328 g/mol. The number of fused-ring (bicyclic) bond motifs is 1. The first kappa shape index (κ1) is 15.4. The molecule has 5 nitrogen and oxygen atoms in total. The van der Waals surface area contributed by atoms with E-state index >= 15 is 0 Å². The van der Waals surface area contributed by atoms with Crippen LogP contribution in [0.15, 0.2) is 46.8 Å². The molecule has 3 aromatic rings. The lowest BCUT2D eigenvalue weighted by Crippen LogP contribution is -2.34. The van der Waals surface area contributed by atoms with E-state index in [-0.39, 0.29) is 12.1 Å². The Hall–Kier alpha value is -2.47. The number of benzene rings is 1. The van der Waals surface area contributed by atoms with Gasteiger partial charge in [0.15, 0.2) is 0 Å². The zero-order valence-corrected chi connectivity index (χ0v) is 13.6. The van der Waals surface area contributed by atoms with Crippen LogP contribution in [0.25, 0.3) is 21.3 Å². The molecular weight excluding hydrogens is 312 g/mol. The van der Waals surface area contributed by atoms with Gasteiger partial charge in [0.2, 0.25) is 0 Å². The largest absolute Gasteiger partial charge is 0.481 e. The third kappa shape index (κ3) is 2.77. The maximum absolute atomic E-state index is 12.8. The predicted octanol–water partition coefficient (Wildman–Crippen LogP) is 3.24. The van der Waals surface area contributed by atoms with Crippen LogP contribution in [-0.2, 0) is 11.3 Å². The van der Waals surface area contributed by atoms with Gasteiger partial charge in [0.05, 0.1) is 17.1 Å². The molecule has 0 atom stereocenters. The number of aromatic nitrogens is 2. The van der Waals surface area contributed by atoms with E-state index in [4.69, 9.17) is 0 Å². The molecule has 1 N–H and O–H groups in total. The molecule has 0 unspecified atom stereocenters. The van der Waals surface area contributed by atoms with Crippen molar-refractivity contribution in [3.8, 4) is 11.1 Å². The van der Waals surface area contributed by atoms with Crippen LogP contribution in [0.2, 0.25) is 0 Å². The van der Waals surface area contributed by atoms with Crippen molar-refractivity contribution in [3.05, 3.63) is 52.4 Å². The fraction of sp³-hybridized carbons (Fsp3) is 0.235. The molecule has 23 heavy (non-hydrogen) atoms. The van der Waals surface area contributed by atoms with Crippen LogP contribution < -0.4 is 5.56 Å². The highest BCUT2D eigenvalue weighted by molar-refractivity contribution is 7.17. The number of hydrogen-bond donors (Lipinski definition) is 1. The Morgan fingerprint density at radius 2 is 2.00 bits per heavy atom. The molecule has 0 saturated carbocycles. The molecule has 0 spiro atoms. The van der Waals surface area contributed by atoms with Gasteiger partial charge in [-0.05, 0) is 19.4 Å². The van der Waals surface area contributed by atoms with Gasteiger partial charge in [-0.1, -0.05) is 30.3 Å². The number of aliphatic carboxylic acids is 1. The van der Waals surface area contributed by atoms with Gasteiger partial charge in [0, 0.05) is 17.5 Å². The van der Waals surface area contributed by atoms with Crippen LogP contribution >= 0.6 is 11.3 Å². The molecule has 0 aliphatic carbocycles. The first-order chi connectivity index (χ1) is 10.9. The first-order valence-electron chi connectivity index (χ1n) is 7.15. The summed E-state index contributed by atoms with van der Waals surface area (Å²) in [7, 11) is 0. The van der Waals surface area contributed by atoms with Crippen molar-refractivity contribution in [2.24, 2.45) is 5.41 Å². The maximum atomic E-state index is 12.8. The van der Waals surface area contributed by atoms with E-state index in [0.717, 1.165) is 11.1 Å². The Labute approximate surface area is 136 Å². The Bertz CT molecular complexity index is 926. The molecule has 6 heteroatoms. The molecular formula is C17H16N2O3S. The van der Waals surface area contributed by atoms with Gasteiger partial charge in [0.1, 0.15) is 4.83 Å². The highest BCUT2D eigenvalue weighted by Crippen LogP contribution is 2.30. The molecule has 0 aliphatic heterocycles. The summed E-state index contributed by atoms with van der Waals surface area (Å²) in [6.45, 7) is 3.27. The highest BCUT2D eigenvalue weighted by Gasteiger charge is 2.28. The third-order valence-corrected chi connectivity index (χ3v) is 4.68. The molecule has 2 heterocycles. The van der Waals surface area contributed by atoms with Gasteiger partial charge in [-0.2, -0.15) is 0 Å². The van der Waals surface area contributed by atoms with Crippen molar-refractivity contribution in [2.75, 3.05) is 0 Å². The second-order valence-electron chi connectivity index (χ2n) is 6.06. The number of thiophene rings is 1. The van der Waals surface area contributed by atoms with Crippen LogP contribution in [-0.4, -0.2) is 20.6 Å². The van der Waals surface area contributed by atoms with Crippen LogP contribution in [0.4, 0.5) is 0 Å². The smallest absolute Gasteiger partial charge is 0.310 e. The zero-order valence-electron chi connectivity index (χ0n) is 12.8. The molecule has 1 aromatic carbocycles. The summed E-state index contributed by atoms with van der Waals surface area (Å²) < 4.78 is 1.38. The number of rotatable bonds is 4. The molecule has 118 valence electrons. The molecule has 0 bridgehead atoms. The topological polar surface area (TPSA) is 72.2 Å². The molecule has 2 aromatic heterocycles. The average Bonchev–Trinajstić information content (AvgIpc) is 2.95. The van der Waals surface area contributed by atoms with E-state index in [1.807, 2.05) is 35.7 Å². The standard InChI is InChI=1S/C17H16N2O3S/c1-17(2,16(21)22)9-19-10-18-14-13(15(19)20)12(8-23-14)11-6-4-3-5-7-11/h3-8,10H,9H2,1-2H3,(H,21,22). The summed E-state index contributed by atoms with van der Waals surface area (Å²) in [6, 6.07) is 9.64. The predicted molar refractivity (Wildman–Crippen MR) is 90.7 cm³/mol. The minimum atomic E-state index is -1.04. The number of hydrogen-bond acceptors (Lipinski definition) is 4. The van der Waals surface area contributed by atoms with Crippen molar-refractivity contribution in [1.82, 2.24) is 9.55 Å². The fourth-order valence-corrected chi connectivity index (χ4v) is 3.31. The number of carboxylic acids is 1. The van der Waals surface area contributed by atoms with Crippen LogP contribution in [0.3, 0.4) is 0 Å². The minimum Gasteiger partial charge on any atom is -0.481 e. The Kier molecular flexibility index (Phi) is 3.77. The van der Waals surface area contributed by atoms with Crippen molar-refractivity contribution in [2.45, 2.75) is 20.4 Å². The third-order valence-electron chi connectivity index (χ3n) is 3.79. The van der Waals surface area contributed by atoms with Gasteiger partial charge in [-0.3, -0.25) is 14.2 Å². The summed E-state index contributed by atoms with van der Waals surface area (Å²) in [6.07, 6.45) is 1.43. The Morgan fingerprint density at radius 1 is 1.30 bits per heavy atom. The fourth-order valence-electron chi connectivity index (χ4n) is 2.40. The molecule has 0 saturated heterocycles. The number of carboxylic acid groups (broad SMARTS) is 1. The minimum absolute atomic E-state index is 0.0776. The molecule has 0 aliphatic rings. The van der Waals surface area contributed by atoms with Crippen LogP contribution in [0.5, 0.6) is 0 Å². The van der Waals surface area contributed by atoms with E-state index in [1.165, 1.54) is 22.2 Å². The molecule has 0 radical (unpaired) electrons. The number of nitrogens with zero attached hydrogens (tertiary/aromatic N) is 2. The van der Waals surface area contributed by atoms with Crippen LogP contribution in [0.1, 0.15) is 13.8 Å². The van der Waals surface area contributed by atoms with Crippen molar-refractivity contribution >= 4 is 27.5 Å². The summed E-state index contributed by atoms with van der Waals surface area (Å²) in [5, 5.41) is 11.7. The normalized spacial score (nSPS) is 11.7. The second kappa shape index (κ2) is 5.62. The number of carbonyl (C=O) groups is 1. The van der Waals surface area contributed by atoms with Gasteiger partial charge in [-0.25, -0.2) is 4.98 Å². The zero-order chi connectivity index (χ0) is 16.6. The summed E-state index contributed by atoms with van der Waals surface area (Å²) in [5.74, 6) is -0.946. The van der Waals surface area contributed by atoms with E-state index in [9.17, 15) is 14.7 Å².